The molecule has 0 saturated carbocycles. The zero-order chi connectivity index (χ0) is 19.4. The molecular weight excluding hydrogens is 349 g/mol. The fraction of sp³-hybridized carbons (Fsp3) is 0.136. The minimum absolute atomic E-state index is 0.0543. The molecule has 2 aromatic carbocycles. The van der Waals surface area contributed by atoms with E-state index in [2.05, 4.69) is 22.5 Å². The number of anilines is 2. The van der Waals surface area contributed by atoms with Crippen LogP contribution in [0.1, 0.15) is 13.8 Å². The second-order valence-corrected chi connectivity index (χ2v) is 7.87. The first-order valence-electron chi connectivity index (χ1n) is 9.03. The molecule has 1 unspecified atom stereocenters. The molecule has 0 spiro atoms. The predicted octanol–water partition coefficient (Wildman–Crippen LogP) is 3.82. The second-order valence-electron chi connectivity index (χ2n) is 6.71. The molecule has 2 aromatic rings. The van der Waals surface area contributed by atoms with Gasteiger partial charge in [0.15, 0.2) is 0 Å². The van der Waals surface area contributed by atoms with Crippen molar-refractivity contribution in [1.29, 1.82) is 0 Å². The van der Waals surface area contributed by atoms with Gasteiger partial charge in [0.25, 0.3) is 5.91 Å². The number of allylic oxidation sites excluding steroid dienone is 3. The molecule has 5 heteroatoms. The number of hydrogen-bond donors (Lipinski definition) is 3. The Morgan fingerprint density at radius 3 is 1.93 bits per heavy atom. The molecule has 1 amide bonds. The van der Waals surface area contributed by atoms with Gasteiger partial charge in [-0.05, 0) is 48.5 Å². The summed E-state index contributed by atoms with van der Waals surface area (Å²) >= 11 is 0.806. The van der Waals surface area contributed by atoms with Crippen LogP contribution in [-0.2, 0) is 4.79 Å². The number of nitrogens with one attached hydrogen (secondary N) is 3. The molecule has 3 rings (SSSR count). The Hall–Kier alpha value is -2.74. The van der Waals surface area contributed by atoms with E-state index in [0.717, 1.165) is 55.9 Å². The number of para-hydroxylation sites is 2. The molecule has 4 nitrogen and oxygen atoms in total. The van der Waals surface area contributed by atoms with Crippen molar-refractivity contribution in [2.45, 2.75) is 18.6 Å². The van der Waals surface area contributed by atoms with E-state index in [9.17, 15) is 4.79 Å². The lowest BCUT2D eigenvalue weighted by Crippen LogP contribution is -2.30. The summed E-state index contributed by atoms with van der Waals surface area (Å²) in [6.45, 7) is 8.23. The van der Waals surface area contributed by atoms with Gasteiger partial charge >= 0.3 is 0 Å². The van der Waals surface area contributed by atoms with Gasteiger partial charge in [0.1, 0.15) is 0 Å². The van der Waals surface area contributed by atoms with E-state index in [1.807, 2.05) is 74.5 Å². The van der Waals surface area contributed by atoms with Crippen LogP contribution in [0.5, 0.6) is 0 Å². The highest BCUT2D eigenvalue weighted by molar-refractivity contribution is 6.23. The Bertz CT molecular complexity index is 842. The number of benzene rings is 2. The van der Waals surface area contributed by atoms with Gasteiger partial charge in [0.2, 0.25) is 16.3 Å². The van der Waals surface area contributed by atoms with E-state index in [-0.39, 0.29) is 10.7 Å². The third-order valence-electron chi connectivity index (χ3n) is 4.72. The Kier molecular flexibility index (Phi) is 5.85. The van der Waals surface area contributed by atoms with Crippen LogP contribution in [0.3, 0.4) is 0 Å². The van der Waals surface area contributed by atoms with Crippen LogP contribution >= 0.6 is 0 Å². The maximum absolute atomic E-state index is 13.0. The number of carbonyl (C=O) groups excluding carboxylic acids is 1. The molecule has 1 aliphatic heterocycles. The molecule has 1 aliphatic rings. The SMILES string of the molecule is C=C(Nc1ccccc1)C1=C(C)NC(C)=C(C(=O)Nc2ccccc2)[CH]1[AlH2]. The van der Waals surface area contributed by atoms with E-state index < -0.39 is 0 Å². The molecule has 1 heterocycles. The summed E-state index contributed by atoms with van der Waals surface area (Å²) in [6, 6.07) is 19.5. The Balaban J connectivity index is 1.82. The van der Waals surface area contributed by atoms with Crippen molar-refractivity contribution >= 4 is 33.6 Å². The number of rotatable bonds is 5. The van der Waals surface area contributed by atoms with Gasteiger partial charge in [0, 0.05) is 34.0 Å². The van der Waals surface area contributed by atoms with E-state index in [1.165, 1.54) is 0 Å². The Morgan fingerprint density at radius 2 is 1.37 bits per heavy atom. The topological polar surface area (TPSA) is 53.2 Å². The van der Waals surface area contributed by atoms with Crippen LogP contribution < -0.4 is 16.0 Å². The van der Waals surface area contributed by atoms with E-state index in [1.54, 1.807) is 0 Å². The first-order chi connectivity index (χ1) is 13.0. The largest absolute Gasteiger partial charge is 0.362 e. The van der Waals surface area contributed by atoms with Crippen LogP contribution in [0.2, 0.25) is 4.78 Å². The minimum Gasteiger partial charge on any atom is -0.362 e. The zero-order valence-corrected chi connectivity index (χ0v) is 18.0. The number of hydrogen-bond acceptors (Lipinski definition) is 3. The van der Waals surface area contributed by atoms with Crippen molar-refractivity contribution in [1.82, 2.24) is 5.32 Å². The third-order valence-corrected chi connectivity index (χ3v) is 5.87. The predicted molar refractivity (Wildman–Crippen MR) is 115 cm³/mol. The van der Waals surface area contributed by atoms with E-state index >= 15 is 0 Å². The highest BCUT2D eigenvalue weighted by atomic mass is 27.0. The molecule has 1 atom stereocenters. The fourth-order valence-electron chi connectivity index (χ4n) is 3.55. The average Bonchev–Trinajstić information content (AvgIpc) is 2.63. The molecule has 0 bridgehead atoms. The minimum atomic E-state index is -0.0660. The summed E-state index contributed by atoms with van der Waals surface area (Å²) in [6.07, 6.45) is 0. The Labute approximate surface area is 168 Å². The Morgan fingerprint density at radius 1 is 0.889 bits per heavy atom. The van der Waals surface area contributed by atoms with E-state index in [4.69, 9.17) is 0 Å². The molecule has 0 fully saturated rings. The lowest BCUT2D eigenvalue weighted by atomic mass is 9.94. The van der Waals surface area contributed by atoms with Crippen LogP contribution in [0, 0.1) is 0 Å². The second kappa shape index (κ2) is 8.30. The van der Waals surface area contributed by atoms with Gasteiger partial charge in [-0.2, -0.15) is 0 Å². The van der Waals surface area contributed by atoms with Crippen LogP contribution in [0.4, 0.5) is 11.4 Å². The summed E-state index contributed by atoms with van der Waals surface area (Å²) < 4.78 is 0.0543. The van der Waals surface area contributed by atoms with Crippen molar-refractivity contribution in [3.63, 3.8) is 0 Å². The van der Waals surface area contributed by atoms with Gasteiger partial charge in [0.05, 0.1) is 0 Å². The smallest absolute Gasteiger partial charge is 0.252 e. The highest BCUT2D eigenvalue weighted by Crippen LogP contribution is 2.36. The highest BCUT2D eigenvalue weighted by Gasteiger charge is 2.29. The maximum atomic E-state index is 13.0. The average molecular weight is 373 g/mol. The van der Waals surface area contributed by atoms with Gasteiger partial charge < -0.3 is 16.0 Å². The van der Waals surface area contributed by atoms with Gasteiger partial charge in [-0.15, -0.1) is 0 Å². The number of dihydropyridines is 1. The van der Waals surface area contributed by atoms with Crippen LogP contribution in [0.15, 0.2) is 95.5 Å². The first kappa shape index (κ1) is 19.0. The lowest BCUT2D eigenvalue weighted by Gasteiger charge is -2.31. The molecule has 27 heavy (non-hydrogen) atoms. The summed E-state index contributed by atoms with van der Waals surface area (Å²) in [4.78, 5) is 13.0. The summed E-state index contributed by atoms with van der Waals surface area (Å²) in [5.41, 5.74) is 6.39. The molecule has 0 aromatic heterocycles. The summed E-state index contributed by atoms with van der Waals surface area (Å²) in [5.74, 6) is -0.0660. The standard InChI is InChI=1S/C22H22N3O.Al.2H/c1-15-20(16(2)24-18-10-6-4-7-11-18)14-21(17(3)23-15)22(26)25-19-12-8-5-9-13-19;;;/h4-14,23-24H,2H2,1,3H3,(H,25,26);;;. The lowest BCUT2D eigenvalue weighted by molar-refractivity contribution is -0.113. The molecule has 0 radical (unpaired) electrons. The van der Waals surface area contributed by atoms with Crippen molar-refractivity contribution in [3.8, 4) is 0 Å². The fourth-order valence-corrected chi connectivity index (χ4v) is 5.02. The van der Waals surface area contributed by atoms with Crippen molar-refractivity contribution < 1.29 is 4.79 Å². The monoisotopic (exact) mass is 373 g/mol. The number of carbonyl (C=O) groups is 1. The summed E-state index contributed by atoms with van der Waals surface area (Å²) in [7, 11) is 0. The van der Waals surface area contributed by atoms with Gasteiger partial charge in [-0.3, -0.25) is 4.79 Å². The van der Waals surface area contributed by atoms with Crippen molar-refractivity contribution in [3.05, 3.63) is 95.5 Å². The quantitative estimate of drug-likeness (QED) is 0.699. The molecule has 136 valence electrons. The number of amides is 1. The van der Waals surface area contributed by atoms with Crippen molar-refractivity contribution in [2.24, 2.45) is 0 Å². The molecular formula is C22H24AlN3O. The van der Waals surface area contributed by atoms with E-state index in [0.29, 0.717) is 0 Å². The normalized spacial score (nSPS) is 16.6. The summed E-state index contributed by atoms with van der Waals surface area (Å²) in [5, 5.41) is 9.74. The van der Waals surface area contributed by atoms with Gasteiger partial charge in [-0.25, -0.2) is 0 Å². The molecule has 0 saturated heterocycles. The third kappa shape index (κ3) is 4.33. The van der Waals surface area contributed by atoms with Crippen LogP contribution in [0.25, 0.3) is 0 Å². The van der Waals surface area contributed by atoms with Crippen molar-refractivity contribution in [2.75, 3.05) is 10.6 Å². The molecule has 3 N–H and O–H groups in total. The van der Waals surface area contributed by atoms with Crippen LogP contribution in [-0.4, -0.2) is 22.2 Å². The molecule has 0 aliphatic carbocycles. The first-order valence-corrected chi connectivity index (χ1v) is 10.2. The van der Waals surface area contributed by atoms with Gasteiger partial charge in [-0.1, -0.05) is 43.0 Å². The maximum Gasteiger partial charge on any atom is 0.252 e. The zero-order valence-electron chi connectivity index (χ0n) is 16.0.